The third kappa shape index (κ3) is 6.57. The molecule has 0 spiro atoms. The molecule has 2 saturated heterocycles. The van der Waals surface area contributed by atoms with Gasteiger partial charge in [-0.3, -0.25) is 19.6 Å². The summed E-state index contributed by atoms with van der Waals surface area (Å²) >= 11 is 0. The van der Waals surface area contributed by atoms with Crippen LogP contribution in [0.2, 0.25) is 0 Å². The van der Waals surface area contributed by atoms with Gasteiger partial charge in [-0.1, -0.05) is 0 Å². The second kappa shape index (κ2) is 12.9. The molecule has 2 aliphatic rings. The second-order valence-corrected chi connectivity index (χ2v) is 12.6. The molecule has 4 heterocycles. The highest BCUT2D eigenvalue weighted by atomic mass is 19.1. The van der Waals surface area contributed by atoms with Crippen LogP contribution in [-0.4, -0.2) is 87.1 Å². The number of nitrogens with one attached hydrogen (secondary N) is 2. The Balaban J connectivity index is 0.900. The minimum Gasteiger partial charge on any atom is -0.368 e. The average molecular weight is 633 g/mol. The Kier molecular flexibility index (Phi) is 8.38. The molecule has 11 heteroatoms. The van der Waals surface area contributed by atoms with Gasteiger partial charge in [-0.2, -0.15) is 5.10 Å². The summed E-state index contributed by atoms with van der Waals surface area (Å²) in [5, 5.41) is 11.3. The summed E-state index contributed by atoms with van der Waals surface area (Å²) in [6, 6.07) is 20.2. The van der Waals surface area contributed by atoms with E-state index in [1.807, 2.05) is 54.5 Å². The summed E-state index contributed by atoms with van der Waals surface area (Å²) in [5.41, 5.74) is 6.12. The van der Waals surface area contributed by atoms with Crippen LogP contribution in [0, 0.1) is 18.7 Å². The number of hydrogen-bond acceptors (Lipinski definition) is 7. The van der Waals surface area contributed by atoms with Gasteiger partial charge in [-0.15, -0.1) is 0 Å². The van der Waals surface area contributed by atoms with Crippen molar-refractivity contribution < 1.29 is 14.0 Å². The molecule has 0 radical (unpaired) electrons. The van der Waals surface area contributed by atoms with Crippen molar-refractivity contribution in [2.24, 2.45) is 5.92 Å². The fraction of sp³-hybridized carbons (Fsp3) is 0.306. The van der Waals surface area contributed by atoms with Crippen molar-refractivity contribution in [3.8, 4) is 22.6 Å². The van der Waals surface area contributed by atoms with Gasteiger partial charge in [0.15, 0.2) is 5.82 Å². The lowest BCUT2D eigenvalue weighted by Crippen LogP contribution is -2.56. The molecule has 2 atom stereocenters. The molecule has 2 aliphatic heterocycles. The maximum Gasteiger partial charge on any atom is 0.237 e. The molecule has 2 amide bonds. The van der Waals surface area contributed by atoms with Gasteiger partial charge in [-0.05, 0) is 99.1 Å². The molecule has 7 rings (SSSR count). The zero-order chi connectivity index (χ0) is 32.5. The fourth-order valence-corrected chi connectivity index (χ4v) is 6.57. The van der Waals surface area contributed by atoms with E-state index in [1.54, 1.807) is 12.1 Å². The Labute approximate surface area is 272 Å². The lowest BCUT2D eigenvalue weighted by molar-refractivity contribution is -0.134. The normalized spacial score (nSPS) is 18.5. The summed E-state index contributed by atoms with van der Waals surface area (Å²) in [4.78, 5) is 41.8. The molecule has 3 aromatic carbocycles. The number of halogens is 1. The minimum absolute atomic E-state index is 0.0560. The average Bonchev–Trinajstić information content (AvgIpc) is 3.73. The number of rotatable bonds is 7. The zero-order valence-electron chi connectivity index (χ0n) is 26.5. The van der Waals surface area contributed by atoms with Crippen molar-refractivity contribution in [3.63, 3.8) is 0 Å². The van der Waals surface area contributed by atoms with E-state index in [4.69, 9.17) is 0 Å². The highest BCUT2D eigenvalue weighted by molar-refractivity contribution is 5.98. The van der Waals surface area contributed by atoms with Crippen LogP contribution < -0.4 is 10.2 Å². The smallest absolute Gasteiger partial charge is 0.237 e. The maximum absolute atomic E-state index is 13.4. The van der Waals surface area contributed by atoms with E-state index in [0.29, 0.717) is 44.1 Å². The number of amides is 2. The zero-order valence-corrected chi connectivity index (χ0v) is 26.5. The predicted octanol–water partition coefficient (Wildman–Crippen LogP) is 5.13. The molecule has 0 bridgehead atoms. The number of hydrogen-bond donors (Lipinski definition) is 2. The van der Waals surface area contributed by atoms with Gasteiger partial charge in [0.2, 0.25) is 11.8 Å². The van der Waals surface area contributed by atoms with Gasteiger partial charge in [0.1, 0.15) is 5.82 Å². The Hall–Kier alpha value is -5.16. The van der Waals surface area contributed by atoms with Crippen LogP contribution in [0.4, 0.5) is 15.8 Å². The number of piperazine rings is 1. The van der Waals surface area contributed by atoms with Gasteiger partial charge >= 0.3 is 0 Å². The van der Waals surface area contributed by atoms with Crippen LogP contribution in [0.25, 0.3) is 33.5 Å². The van der Waals surface area contributed by atoms with E-state index in [9.17, 15) is 14.0 Å². The molecule has 0 aliphatic carbocycles. The molecule has 2 aromatic heterocycles. The molecule has 2 N–H and O–H groups in total. The second-order valence-electron chi connectivity index (χ2n) is 12.6. The largest absolute Gasteiger partial charge is 0.368 e. The molecule has 47 heavy (non-hydrogen) atoms. The van der Waals surface area contributed by atoms with E-state index in [-0.39, 0.29) is 29.6 Å². The van der Waals surface area contributed by atoms with E-state index in [2.05, 4.69) is 54.3 Å². The third-order valence-corrected chi connectivity index (χ3v) is 9.17. The Bertz CT molecular complexity index is 1890. The molecular weight excluding hydrogens is 595 g/mol. The number of aromatic nitrogens is 4. The molecule has 240 valence electrons. The SMILES string of the molecule is Cc1cnc(-c2ccc(N3CCN(C(=O)CN4CCC(C(=O)Nc5ccc6c(-c7ccc(F)cc7)n[nH]c6c5)C4)C(C)C3)cc2)nc1. The number of carbonyl (C=O) groups is 2. The number of H-pyrrole nitrogens is 1. The Morgan fingerprint density at radius 3 is 2.43 bits per heavy atom. The first kappa shape index (κ1) is 30.5. The lowest BCUT2D eigenvalue weighted by atomic mass is 10.1. The van der Waals surface area contributed by atoms with Crippen LogP contribution in [0.15, 0.2) is 79.1 Å². The maximum atomic E-state index is 13.4. The van der Waals surface area contributed by atoms with Crippen LogP contribution in [-0.2, 0) is 9.59 Å². The first-order valence-corrected chi connectivity index (χ1v) is 16.0. The molecular formula is C36H37FN8O2. The van der Waals surface area contributed by atoms with E-state index < -0.39 is 0 Å². The number of benzene rings is 3. The van der Waals surface area contributed by atoms with Crippen LogP contribution >= 0.6 is 0 Å². The van der Waals surface area contributed by atoms with Crippen LogP contribution in [0.1, 0.15) is 18.9 Å². The highest BCUT2D eigenvalue weighted by Gasteiger charge is 2.33. The number of aromatic amines is 1. The summed E-state index contributed by atoms with van der Waals surface area (Å²) in [7, 11) is 0. The number of carbonyl (C=O) groups excluding carboxylic acids is 2. The van der Waals surface area contributed by atoms with Crippen molar-refractivity contribution in [2.45, 2.75) is 26.3 Å². The topological polar surface area (TPSA) is 110 Å². The van der Waals surface area contributed by atoms with Gasteiger partial charge < -0.3 is 15.1 Å². The van der Waals surface area contributed by atoms with E-state index >= 15 is 0 Å². The van der Waals surface area contributed by atoms with Crippen molar-refractivity contribution in [3.05, 3.63) is 90.5 Å². The van der Waals surface area contributed by atoms with Gasteiger partial charge in [-0.25, -0.2) is 14.4 Å². The van der Waals surface area contributed by atoms with Crippen LogP contribution in [0.3, 0.4) is 0 Å². The number of nitrogens with zero attached hydrogens (tertiary/aromatic N) is 6. The Morgan fingerprint density at radius 1 is 0.936 bits per heavy atom. The van der Waals surface area contributed by atoms with E-state index in [0.717, 1.165) is 52.1 Å². The van der Waals surface area contributed by atoms with Gasteiger partial charge in [0.05, 0.1) is 23.7 Å². The van der Waals surface area contributed by atoms with Crippen molar-refractivity contribution in [1.29, 1.82) is 0 Å². The standard InChI is InChI=1S/C36H37FN8O2/c1-23-18-38-35(39-19-23)26-5-10-30(11-6-26)44-15-16-45(24(2)20-44)33(46)22-43-14-13-27(21-43)36(47)40-29-9-12-31-32(17-29)41-42-34(31)25-3-7-28(37)8-4-25/h3-12,17-19,24,27H,13-16,20-22H2,1-2H3,(H,40,47)(H,41,42). The van der Waals surface area contributed by atoms with Gasteiger partial charge in [0, 0.05) is 72.5 Å². The Morgan fingerprint density at radius 2 is 1.68 bits per heavy atom. The monoisotopic (exact) mass is 632 g/mol. The quantitative estimate of drug-likeness (QED) is 0.256. The third-order valence-electron chi connectivity index (χ3n) is 9.17. The summed E-state index contributed by atoms with van der Waals surface area (Å²) < 4.78 is 13.4. The molecule has 0 saturated carbocycles. The van der Waals surface area contributed by atoms with Crippen molar-refractivity contribution >= 4 is 34.1 Å². The van der Waals surface area contributed by atoms with Crippen molar-refractivity contribution in [2.75, 3.05) is 49.5 Å². The number of anilines is 2. The minimum atomic E-state index is -0.297. The summed E-state index contributed by atoms with van der Waals surface area (Å²) in [6.07, 6.45) is 4.35. The number of likely N-dealkylation sites (tertiary alicyclic amines) is 1. The summed E-state index contributed by atoms with van der Waals surface area (Å²) in [5.74, 6) is 0.264. The predicted molar refractivity (Wildman–Crippen MR) is 180 cm³/mol. The fourth-order valence-electron chi connectivity index (χ4n) is 6.57. The first-order chi connectivity index (χ1) is 22.8. The van der Waals surface area contributed by atoms with Crippen molar-refractivity contribution in [1.82, 2.24) is 30.0 Å². The molecule has 5 aromatic rings. The van der Waals surface area contributed by atoms with Gasteiger partial charge in [0.25, 0.3) is 0 Å². The molecule has 2 fully saturated rings. The molecule has 10 nitrogen and oxygen atoms in total. The lowest BCUT2D eigenvalue weighted by Gasteiger charge is -2.41. The first-order valence-electron chi connectivity index (χ1n) is 16.0. The van der Waals surface area contributed by atoms with E-state index in [1.165, 1.54) is 12.1 Å². The molecule has 2 unspecified atom stereocenters. The number of aryl methyl sites for hydroxylation is 1. The highest BCUT2D eigenvalue weighted by Crippen LogP contribution is 2.29. The van der Waals surface area contributed by atoms with Crippen LogP contribution in [0.5, 0.6) is 0 Å². The summed E-state index contributed by atoms with van der Waals surface area (Å²) in [6.45, 7) is 7.79. The number of fused-ring (bicyclic) bond motifs is 1.